The fourth-order valence-corrected chi connectivity index (χ4v) is 5.55. The van der Waals surface area contributed by atoms with Crippen molar-refractivity contribution in [2.45, 2.75) is 18.9 Å². The van der Waals surface area contributed by atoms with Gasteiger partial charge in [0.25, 0.3) is 0 Å². The van der Waals surface area contributed by atoms with Crippen LogP contribution in [0.3, 0.4) is 0 Å². The van der Waals surface area contributed by atoms with Crippen LogP contribution in [0.1, 0.15) is 12.8 Å². The monoisotopic (exact) mass is 490 g/mol. The second kappa shape index (κ2) is 9.33. The first-order chi connectivity index (χ1) is 17.1. The molecule has 0 aliphatic carbocycles. The molecule has 0 spiro atoms. The summed E-state index contributed by atoms with van der Waals surface area (Å²) in [7, 11) is 0. The zero-order valence-electron chi connectivity index (χ0n) is 19.2. The summed E-state index contributed by atoms with van der Waals surface area (Å²) in [5, 5.41) is 9.78. The van der Waals surface area contributed by atoms with E-state index in [1.165, 1.54) is 0 Å². The summed E-state index contributed by atoms with van der Waals surface area (Å²) < 4.78 is 6.60. The smallest absolute Gasteiger partial charge is 0.219 e. The molecule has 3 N–H and O–H groups in total. The second-order valence-electron chi connectivity index (χ2n) is 8.75. The van der Waals surface area contributed by atoms with Gasteiger partial charge in [-0.3, -0.25) is 0 Å². The highest BCUT2D eigenvalue weighted by atomic mass is 32.1. The van der Waals surface area contributed by atoms with Gasteiger partial charge in [-0.1, -0.05) is 0 Å². The Kier molecular flexibility index (Phi) is 5.88. The molecule has 4 aromatic rings. The van der Waals surface area contributed by atoms with Crippen molar-refractivity contribution in [1.82, 2.24) is 24.9 Å². The SMILES string of the molecule is Nc1ncc(-c2nc(N3CCOCC3)c3sc(-c4ccc(N5CCC(O)CC5)nc4)cc3n2)cn1. The van der Waals surface area contributed by atoms with Crippen LogP contribution < -0.4 is 15.5 Å². The Balaban J connectivity index is 1.37. The van der Waals surface area contributed by atoms with E-state index in [9.17, 15) is 5.11 Å². The molecule has 0 unspecified atom stereocenters. The Labute approximate surface area is 206 Å². The molecule has 180 valence electrons. The van der Waals surface area contributed by atoms with E-state index in [2.05, 4.69) is 38.0 Å². The topological polar surface area (TPSA) is 126 Å². The number of piperidine rings is 1. The molecular weight excluding hydrogens is 464 g/mol. The Bertz CT molecular complexity index is 1310. The van der Waals surface area contributed by atoms with Gasteiger partial charge in [-0.05, 0) is 31.0 Å². The number of thiophene rings is 1. The summed E-state index contributed by atoms with van der Waals surface area (Å²) in [6, 6.07) is 6.26. The number of aliphatic hydroxyl groups excluding tert-OH is 1. The van der Waals surface area contributed by atoms with E-state index >= 15 is 0 Å². The summed E-state index contributed by atoms with van der Waals surface area (Å²) in [5.74, 6) is 2.64. The molecule has 2 aliphatic rings. The molecule has 6 heterocycles. The lowest BCUT2D eigenvalue weighted by Crippen LogP contribution is -2.36. The van der Waals surface area contributed by atoms with Crippen LogP contribution in [0.15, 0.2) is 36.8 Å². The van der Waals surface area contributed by atoms with Gasteiger partial charge < -0.3 is 25.4 Å². The van der Waals surface area contributed by atoms with E-state index in [1.807, 2.05) is 6.20 Å². The van der Waals surface area contributed by atoms with E-state index in [1.54, 1.807) is 23.7 Å². The molecule has 2 aliphatic heterocycles. The first kappa shape index (κ1) is 22.1. The van der Waals surface area contributed by atoms with Crippen molar-refractivity contribution in [3.63, 3.8) is 0 Å². The lowest BCUT2D eigenvalue weighted by Gasteiger charge is -2.30. The van der Waals surface area contributed by atoms with Crippen molar-refractivity contribution < 1.29 is 9.84 Å². The molecule has 4 aromatic heterocycles. The van der Waals surface area contributed by atoms with Crippen molar-refractivity contribution >= 4 is 39.1 Å². The first-order valence-electron chi connectivity index (χ1n) is 11.8. The summed E-state index contributed by atoms with van der Waals surface area (Å²) >= 11 is 1.67. The molecule has 11 heteroatoms. The summed E-state index contributed by atoms with van der Waals surface area (Å²) in [6.45, 7) is 4.54. The van der Waals surface area contributed by atoms with Gasteiger partial charge in [-0.15, -0.1) is 11.3 Å². The lowest BCUT2D eigenvalue weighted by molar-refractivity contribution is 0.122. The summed E-state index contributed by atoms with van der Waals surface area (Å²) in [4.78, 5) is 28.3. The number of morpholine rings is 1. The second-order valence-corrected chi connectivity index (χ2v) is 9.80. The number of rotatable bonds is 4. The number of aliphatic hydroxyl groups is 1. The van der Waals surface area contributed by atoms with Crippen molar-refractivity contribution in [2.24, 2.45) is 0 Å². The molecule has 10 nitrogen and oxygen atoms in total. The van der Waals surface area contributed by atoms with Crippen molar-refractivity contribution in [2.75, 3.05) is 54.9 Å². The molecule has 2 fully saturated rings. The lowest BCUT2D eigenvalue weighted by atomic mass is 10.1. The van der Waals surface area contributed by atoms with E-state index in [0.29, 0.717) is 19.0 Å². The fraction of sp³-hybridized carbons (Fsp3) is 0.375. The van der Waals surface area contributed by atoms with Crippen molar-refractivity contribution in [3.05, 3.63) is 36.8 Å². The quantitative estimate of drug-likeness (QED) is 0.441. The molecule has 0 bridgehead atoms. The Morgan fingerprint density at radius 1 is 0.914 bits per heavy atom. The molecule has 6 rings (SSSR count). The third-order valence-corrected chi connectivity index (χ3v) is 7.58. The number of fused-ring (bicyclic) bond motifs is 1. The largest absolute Gasteiger partial charge is 0.393 e. The summed E-state index contributed by atoms with van der Waals surface area (Å²) in [5.41, 5.74) is 8.31. The molecule has 0 amide bonds. The minimum atomic E-state index is -0.199. The third kappa shape index (κ3) is 4.49. The fourth-order valence-electron chi connectivity index (χ4n) is 4.44. The van der Waals surface area contributed by atoms with Crippen molar-refractivity contribution in [1.29, 1.82) is 0 Å². The minimum absolute atomic E-state index is 0.199. The predicted octanol–water partition coefficient (Wildman–Crippen LogP) is 2.59. The first-order valence-corrected chi connectivity index (χ1v) is 12.6. The van der Waals surface area contributed by atoms with Crippen LogP contribution in [0.4, 0.5) is 17.6 Å². The van der Waals surface area contributed by atoms with Gasteiger partial charge in [-0.2, -0.15) is 0 Å². The average Bonchev–Trinajstić information content (AvgIpc) is 3.34. The van der Waals surface area contributed by atoms with Crippen LogP contribution in [-0.4, -0.2) is 75.5 Å². The molecule has 0 aromatic carbocycles. The number of pyridine rings is 1. The highest BCUT2D eigenvalue weighted by Gasteiger charge is 2.22. The molecule has 35 heavy (non-hydrogen) atoms. The number of aromatic nitrogens is 5. The van der Waals surface area contributed by atoms with Gasteiger partial charge in [-0.25, -0.2) is 24.9 Å². The van der Waals surface area contributed by atoms with Gasteiger partial charge in [0.05, 0.1) is 35.1 Å². The maximum atomic E-state index is 9.78. The highest BCUT2D eigenvalue weighted by molar-refractivity contribution is 7.22. The normalized spacial score (nSPS) is 17.3. The molecular formula is C24H26N8O2S. The van der Waals surface area contributed by atoms with Crippen LogP contribution in [0.5, 0.6) is 0 Å². The zero-order valence-corrected chi connectivity index (χ0v) is 20.0. The average molecular weight is 491 g/mol. The minimum Gasteiger partial charge on any atom is -0.393 e. The van der Waals surface area contributed by atoms with E-state index in [0.717, 1.165) is 76.9 Å². The van der Waals surface area contributed by atoms with Crippen molar-refractivity contribution in [3.8, 4) is 21.8 Å². The number of hydrogen-bond donors (Lipinski definition) is 2. The predicted molar refractivity (Wildman–Crippen MR) is 137 cm³/mol. The van der Waals surface area contributed by atoms with E-state index in [4.69, 9.17) is 25.4 Å². The Morgan fingerprint density at radius 3 is 2.37 bits per heavy atom. The number of nitrogen functional groups attached to an aromatic ring is 1. The zero-order chi connectivity index (χ0) is 23.8. The maximum absolute atomic E-state index is 9.78. The molecule has 0 saturated carbocycles. The van der Waals surface area contributed by atoms with Gasteiger partial charge in [0, 0.05) is 55.2 Å². The van der Waals surface area contributed by atoms with Crippen LogP contribution in [0, 0.1) is 0 Å². The number of hydrogen-bond acceptors (Lipinski definition) is 11. The Hall–Kier alpha value is -3.41. The number of anilines is 3. The standard InChI is InChI=1S/C24H26N8O2S/c25-24-27-13-16(14-28-24)22-29-18-11-19(35-21(18)23(30-22)32-7-9-34-10-8-32)15-1-2-20(26-12-15)31-5-3-17(33)4-6-31/h1-2,11-14,17,33H,3-10H2,(H2,25,27,28). The van der Waals surface area contributed by atoms with Gasteiger partial charge in [0.2, 0.25) is 5.95 Å². The molecule has 2 saturated heterocycles. The number of nitrogens with zero attached hydrogens (tertiary/aromatic N) is 7. The van der Waals surface area contributed by atoms with Crippen LogP contribution >= 0.6 is 11.3 Å². The molecule has 0 atom stereocenters. The highest BCUT2D eigenvalue weighted by Crippen LogP contribution is 2.39. The van der Waals surface area contributed by atoms with Crippen LogP contribution in [-0.2, 0) is 4.74 Å². The number of ether oxygens (including phenoxy) is 1. The van der Waals surface area contributed by atoms with Gasteiger partial charge in [0.1, 0.15) is 5.82 Å². The number of nitrogens with two attached hydrogens (primary N) is 1. The van der Waals surface area contributed by atoms with Gasteiger partial charge >= 0.3 is 0 Å². The van der Waals surface area contributed by atoms with Crippen LogP contribution in [0.25, 0.3) is 32.0 Å². The third-order valence-electron chi connectivity index (χ3n) is 6.42. The summed E-state index contributed by atoms with van der Waals surface area (Å²) in [6.07, 6.45) is 6.59. The van der Waals surface area contributed by atoms with E-state index in [-0.39, 0.29) is 12.1 Å². The van der Waals surface area contributed by atoms with Crippen LogP contribution in [0.2, 0.25) is 0 Å². The van der Waals surface area contributed by atoms with E-state index < -0.39 is 0 Å². The Morgan fingerprint density at radius 2 is 1.66 bits per heavy atom. The van der Waals surface area contributed by atoms with Gasteiger partial charge in [0.15, 0.2) is 11.6 Å². The molecule has 0 radical (unpaired) electrons. The maximum Gasteiger partial charge on any atom is 0.219 e.